The Bertz CT molecular complexity index is 1520. The number of para-hydroxylation sites is 1. The van der Waals surface area contributed by atoms with Gasteiger partial charge in [-0.15, -0.1) is 0 Å². The number of carbonyl (C=O) groups is 1. The number of nitrogens with two attached hydrogens (primary N) is 1. The first kappa shape index (κ1) is 22.3. The number of rotatable bonds is 6. The fraction of sp³-hybridized carbons (Fsp3) is 0.0400. The van der Waals surface area contributed by atoms with E-state index < -0.39 is 5.91 Å². The number of nitrogens with one attached hydrogen (secondary N) is 1. The molecular formula is C25H19ClN6O3. The zero-order valence-corrected chi connectivity index (χ0v) is 19.0. The number of benzene rings is 3. The van der Waals surface area contributed by atoms with E-state index in [9.17, 15) is 4.79 Å². The Kier molecular flexibility index (Phi) is 6.01. The molecule has 174 valence electrons. The summed E-state index contributed by atoms with van der Waals surface area (Å²) in [4.78, 5) is 20.2. The summed E-state index contributed by atoms with van der Waals surface area (Å²) in [6.45, 7) is 0.280. The van der Waals surface area contributed by atoms with E-state index >= 15 is 0 Å². The molecule has 9 nitrogen and oxygen atoms in total. The normalized spacial score (nSPS) is 10.9. The molecule has 0 radical (unpaired) electrons. The average Bonchev–Trinajstić information content (AvgIpc) is 3.25. The van der Waals surface area contributed by atoms with Crippen LogP contribution in [-0.4, -0.2) is 30.9 Å². The lowest BCUT2D eigenvalue weighted by Crippen LogP contribution is -2.18. The molecule has 2 aromatic heterocycles. The van der Waals surface area contributed by atoms with E-state index in [0.29, 0.717) is 38.9 Å². The van der Waals surface area contributed by atoms with Crippen LogP contribution in [0.5, 0.6) is 11.5 Å². The van der Waals surface area contributed by atoms with E-state index in [2.05, 4.69) is 9.97 Å². The van der Waals surface area contributed by atoms with Crippen molar-refractivity contribution in [3.8, 4) is 22.8 Å². The molecule has 2 heterocycles. The molecule has 0 saturated carbocycles. The van der Waals surface area contributed by atoms with Crippen molar-refractivity contribution < 1.29 is 14.7 Å². The third-order valence-corrected chi connectivity index (χ3v) is 5.75. The number of amides is 1. The highest BCUT2D eigenvalue weighted by Crippen LogP contribution is 2.32. The number of halogens is 1. The van der Waals surface area contributed by atoms with Gasteiger partial charge in [0.2, 0.25) is 0 Å². The zero-order valence-electron chi connectivity index (χ0n) is 18.2. The molecule has 0 bridgehead atoms. The van der Waals surface area contributed by atoms with Gasteiger partial charge in [-0.25, -0.2) is 20.1 Å². The fourth-order valence-electron chi connectivity index (χ4n) is 3.69. The Morgan fingerprint density at radius 2 is 1.77 bits per heavy atom. The lowest BCUT2D eigenvalue weighted by atomic mass is 10.1. The van der Waals surface area contributed by atoms with Gasteiger partial charge in [0, 0.05) is 16.1 Å². The van der Waals surface area contributed by atoms with Gasteiger partial charge >= 0.3 is 0 Å². The third-order valence-electron chi connectivity index (χ3n) is 5.40. The van der Waals surface area contributed by atoms with Crippen LogP contribution in [0.3, 0.4) is 0 Å². The van der Waals surface area contributed by atoms with Gasteiger partial charge < -0.3 is 10.5 Å². The molecule has 4 N–H and O–H groups in total. The van der Waals surface area contributed by atoms with Crippen molar-refractivity contribution in [2.24, 2.45) is 0 Å². The van der Waals surface area contributed by atoms with Gasteiger partial charge in [-0.3, -0.25) is 10.0 Å². The van der Waals surface area contributed by atoms with Crippen LogP contribution < -0.4 is 16.0 Å². The summed E-state index contributed by atoms with van der Waals surface area (Å²) >= 11 is 6.40. The smallest absolute Gasteiger partial charge is 0.274 e. The van der Waals surface area contributed by atoms with Crippen LogP contribution in [0.4, 0.5) is 5.82 Å². The summed E-state index contributed by atoms with van der Waals surface area (Å²) in [7, 11) is 0. The van der Waals surface area contributed by atoms with Crippen molar-refractivity contribution in [1.82, 2.24) is 25.2 Å². The molecular weight excluding hydrogens is 468 g/mol. The Morgan fingerprint density at radius 1 is 1.03 bits per heavy atom. The first-order valence-electron chi connectivity index (χ1n) is 10.6. The van der Waals surface area contributed by atoms with Gasteiger partial charge in [0.05, 0.1) is 11.9 Å². The maximum Gasteiger partial charge on any atom is 0.274 e. The number of hydrogen-bond donors (Lipinski definition) is 3. The first-order valence-corrected chi connectivity index (χ1v) is 10.9. The minimum atomic E-state index is -0.648. The monoisotopic (exact) mass is 486 g/mol. The molecule has 0 aliphatic carbocycles. The number of aromatic nitrogens is 4. The van der Waals surface area contributed by atoms with Crippen LogP contribution in [-0.2, 0) is 6.54 Å². The van der Waals surface area contributed by atoms with Crippen LogP contribution in [0.2, 0.25) is 5.02 Å². The second kappa shape index (κ2) is 9.41. The Morgan fingerprint density at radius 3 is 2.49 bits per heavy atom. The predicted molar refractivity (Wildman–Crippen MR) is 131 cm³/mol. The summed E-state index contributed by atoms with van der Waals surface area (Å²) in [5.41, 5.74) is 10.7. The highest BCUT2D eigenvalue weighted by Gasteiger charge is 2.18. The summed E-state index contributed by atoms with van der Waals surface area (Å²) in [5, 5.41) is 14.6. The number of nitrogen functional groups attached to an aromatic ring is 1. The molecule has 1 amide bonds. The topological polar surface area (TPSA) is 128 Å². The SMILES string of the molecule is Nc1ncnc2c1c(-c1ccc(Oc3ccccc3)cc1)nn2Cc1ccc(C(=O)NO)cc1Cl. The maximum atomic E-state index is 11.7. The molecule has 0 aliphatic heterocycles. The minimum absolute atomic E-state index is 0.233. The summed E-state index contributed by atoms with van der Waals surface area (Å²) in [6.07, 6.45) is 1.38. The molecule has 0 atom stereocenters. The summed E-state index contributed by atoms with van der Waals surface area (Å²) in [5.74, 6) is 1.09. The van der Waals surface area contributed by atoms with E-state index in [1.54, 1.807) is 22.3 Å². The number of anilines is 1. The second-order valence-corrected chi connectivity index (χ2v) is 8.06. The van der Waals surface area contributed by atoms with Gasteiger partial charge in [0.1, 0.15) is 29.3 Å². The van der Waals surface area contributed by atoms with Gasteiger partial charge in [-0.2, -0.15) is 5.10 Å². The molecule has 10 heteroatoms. The standard InChI is InChI=1S/C25H19ClN6O3/c26-20-12-16(25(33)31-34)6-7-17(20)13-32-24-21(23(27)28-14-29-24)22(30-32)15-8-10-19(11-9-15)35-18-4-2-1-3-5-18/h1-12,14,34H,13H2,(H,31,33)(H2,27,28,29). The van der Waals surface area contributed by atoms with E-state index in [1.807, 2.05) is 54.6 Å². The number of ether oxygens (including phenoxy) is 1. The molecule has 0 spiro atoms. The van der Waals surface area contributed by atoms with Gasteiger partial charge in [-0.1, -0.05) is 35.9 Å². The minimum Gasteiger partial charge on any atom is -0.457 e. The van der Waals surface area contributed by atoms with E-state index in [-0.39, 0.29) is 12.1 Å². The Hall–Kier alpha value is -4.47. The third kappa shape index (κ3) is 4.50. The van der Waals surface area contributed by atoms with Gasteiger partial charge in [0.15, 0.2) is 5.65 Å². The largest absolute Gasteiger partial charge is 0.457 e. The number of nitrogens with zero attached hydrogens (tertiary/aromatic N) is 4. The number of carbonyl (C=O) groups excluding carboxylic acids is 1. The predicted octanol–water partition coefficient (Wildman–Crippen LogP) is 4.69. The molecule has 0 aliphatic rings. The maximum absolute atomic E-state index is 11.7. The molecule has 0 fully saturated rings. The van der Waals surface area contributed by atoms with E-state index in [1.165, 1.54) is 12.4 Å². The van der Waals surface area contributed by atoms with Crippen LogP contribution in [0.15, 0.2) is 79.1 Å². The fourth-order valence-corrected chi connectivity index (χ4v) is 3.93. The van der Waals surface area contributed by atoms with Crippen molar-refractivity contribution in [2.45, 2.75) is 6.54 Å². The van der Waals surface area contributed by atoms with Crippen LogP contribution in [0, 0.1) is 0 Å². The van der Waals surface area contributed by atoms with Crippen molar-refractivity contribution >= 4 is 34.4 Å². The molecule has 0 saturated heterocycles. The lowest BCUT2D eigenvalue weighted by molar-refractivity contribution is 0.0706. The van der Waals surface area contributed by atoms with Crippen molar-refractivity contribution in [2.75, 3.05) is 5.73 Å². The Balaban J connectivity index is 1.49. The number of fused-ring (bicyclic) bond motifs is 1. The summed E-state index contributed by atoms with van der Waals surface area (Å²) < 4.78 is 7.56. The molecule has 5 aromatic rings. The molecule has 35 heavy (non-hydrogen) atoms. The second-order valence-electron chi connectivity index (χ2n) is 7.65. The van der Waals surface area contributed by atoms with E-state index in [0.717, 1.165) is 11.3 Å². The lowest BCUT2D eigenvalue weighted by Gasteiger charge is -2.07. The van der Waals surface area contributed by atoms with Crippen molar-refractivity contribution in [3.63, 3.8) is 0 Å². The van der Waals surface area contributed by atoms with Crippen LogP contribution in [0.1, 0.15) is 15.9 Å². The van der Waals surface area contributed by atoms with Gasteiger partial charge in [0.25, 0.3) is 5.91 Å². The van der Waals surface area contributed by atoms with Crippen molar-refractivity contribution in [1.29, 1.82) is 0 Å². The average molecular weight is 487 g/mol. The quantitative estimate of drug-likeness (QED) is 0.234. The number of hydroxylamine groups is 1. The molecule has 5 rings (SSSR count). The summed E-state index contributed by atoms with van der Waals surface area (Å²) in [6, 6.07) is 21.8. The Labute approximate surface area is 204 Å². The van der Waals surface area contributed by atoms with Crippen molar-refractivity contribution in [3.05, 3.63) is 95.3 Å². The zero-order chi connectivity index (χ0) is 24.4. The van der Waals surface area contributed by atoms with Gasteiger partial charge in [-0.05, 0) is 54.1 Å². The van der Waals surface area contributed by atoms with Crippen LogP contribution >= 0.6 is 11.6 Å². The van der Waals surface area contributed by atoms with Crippen LogP contribution in [0.25, 0.3) is 22.3 Å². The molecule has 3 aromatic carbocycles. The highest BCUT2D eigenvalue weighted by molar-refractivity contribution is 6.31. The first-order chi connectivity index (χ1) is 17.0. The van der Waals surface area contributed by atoms with E-state index in [4.69, 9.17) is 32.4 Å². The molecule has 0 unspecified atom stereocenters. The number of hydrogen-bond acceptors (Lipinski definition) is 7. The highest BCUT2D eigenvalue weighted by atomic mass is 35.5.